The van der Waals surface area contributed by atoms with Crippen molar-refractivity contribution in [3.63, 3.8) is 0 Å². The number of ether oxygens (including phenoxy) is 1. The molecule has 166 valence electrons. The number of piperazine rings is 1. The van der Waals surface area contributed by atoms with E-state index in [2.05, 4.69) is 5.32 Å². The lowest BCUT2D eigenvalue weighted by atomic mass is 9.76. The molecule has 3 aliphatic rings. The van der Waals surface area contributed by atoms with Crippen molar-refractivity contribution in [2.45, 2.75) is 24.9 Å². The van der Waals surface area contributed by atoms with Gasteiger partial charge in [-0.2, -0.15) is 0 Å². The zero-order valence-electron chi connectivity index (χ0n) is 17.7. The van der Waals surface area contributed by atoms with Gasteiger partial charge >= 0.3 is 5.97 Å². The second-order valence-electron chi connectivity index (χ2n) is 8.44. The van der Waals surface area contributed by atoms with Crippen LogP contribution < -0.4 is 10.2 Å². The second-order valence-corrected chi connectivity index (χ2v) is 8.44. The molecule has 5 rings (SSSR count). The van der Waals surface area contributed by atoms with Gasteiger partial charge in [0.1, 0.15) is 11.3 Å². The normalized spacial score (nSPS) is 29.6. The van der Waals surface area contributed by atoms with Crippen molar-refractivity contribution in [3.8, 4) is 0 Å². The summed E-state index contributed by atoms with van der Waals surface area (Å²) in [5, 5.41) is 2.80. The van der Waals surface area contributed by atoms with Gasteiger partial charge in [0.2, 0.25) is 17.7 Å². The van der Waals surface area contributed by atoms with Crippen LogP contribution in [-0.4, -0.2) is 54.3 Å². The Kier molecular flexibility index (Phi) is 4.67. The van der Waals surface area contributed by atoms with Gasteiger partial charge in [0, 0.05) is 13.1 Å². The van der Waals surface area contributed by atoms with Crippen molar-refractivity contribution in [1.82, 2.24) is 10.2 Å². The monoisotopic (exact) mass is 437 g/mol. The molecule has 0 spiro atoms. The molecule has 0 unspecified atom stereocenters. The molecular weight excluding hydrogens is 414 g/mol. The standard InChI is InChI=1S/C23H23N3O6/c1-13-5-7-14(8-6-13)26-20(28)17-18(21(26)29)23(12-16(27)31-2)22(30)24-9-10-25(23)19(17)15-4-3-11-32-15/h3-8,11,17-19H,9-10,12H2,1-2H3,(H,24,30)/t17-,18-,19+,23+/m1/s1. The van der Waals surface area contributed by atoms with Gasteiger partial charge in [-0.05, 0) is 31.2 Å². The summed E-state index contributed by atoms with van der Waals surface area (Å²) in [5.74, 6) is -3.42. The number of furan rings is 1. The maximum Gasteiger partial charge on any atom is 0.307 e. The van der Waals surface area contributed by atoms with Gasteiger partial charge in [0.15, 0.2) is 0 Å². The first kappa shape index (κ1) is 20.4. The van der Waals surface area contributed by atoms with Gasteiger partial charge in [0.05, 0.1) is 43.4 Å². The van der Waals surface area contributed by atoms with E-state index >= 15 is 0 Å². The topological polar surface area (TPSA) is 109 Å². The van der Waals surface area contributed by atoms with Gasteiger partial charge in [-0.3, -0.25) is 24.1 Å². The minimum atomic E-state index is -1.54. The lowest BCUT2D eigenvalue weighted by Gasteiger charge is -2.44. The van der Waals surface area contributed by atoms with E-state index in [-0.39, 0.29) is 6.42 Å². The van der Waals surface area contributed by atoms with Crippen LogP contribution in [0.2, 0.25) is 0 Å². The zero-order chi connectivity index (χ0) is 22.6. The van der Waals surface area contributed by atoms with Crippen LogP contribution in [0.1, 0.15) is 23.8 Å². The number of rotatable bonds is 4. The highest BCUT2D eigenvalue weighted by Gasteiger charge is 2.73. The SMILES string of the molecule is COC(=O)C[C@]12C(=O)NCCN1[C@@H](c1ccco1)[C@@H]1C(=O)N(c3ccc(C)cc3)C(=O)[C@@H]12. The molecule has 4 atom stereocenters. The fraction of sp³-hybridized carbons (Fsp3) is 0.391. The van der Waals surface area contributed by atoms with Gasteiger partial charge < -0.3 is 14.5 Å². The largest absolute Gasteiger partial charge is 0.469 e. The third-order valence-electron chi connectivity index (χ3n) is 6.85. The molecule has 3 aliphatic heterocycles. The second kappa shape index (κ2) is 7.30. The van der Waals surface area contributed by atoms with Gasteiger partial charge in [0.25, 0.3) is 0 Å². The van der Waals surface area contributed by atoms with Crippen molar-refractivity contribution in [2.24, 2.45) is 11.8 Å². The molecule has 2 aromatic rings. The predicted octanol–water partition coefficient (Wildman–Crippen LogP) is 1.18. The highest BCUT2D eigenvalue weighted by atomic mass is 16.5. The molecule has 4 heterocycles. The van der Waals surface area contributed by atoms with Crippen LogP contribution in [0, 0.1) is 18.8 Å². The van der Waals surface area contributed by atoms with E-state index in [4.69, 9.17) is 9.15 Å². The molecule has 3 saturated heterocycles. The van der Waals surface area contributed by atoms with E-state index in [1.807, 2.05) is 19.1 Å². The van der Waals surface area contributed by atoms with Crippen LogP contribution in [-0.2, 0) is 23.9 Å². The number of aryl methyl sites for hydroxylation is 1. The van der Waals surface area contributed by atoms with E-state index in [0.29, 0.717) is 24.5 Å². The van der Waals surface area contributed by atoms with Crippen LogP contribution in [0.25, 0.3) is 0 Å². The van der Waals surface area contributed by atoms with Crippen LogP contribution in [0.3, 0.4) is 0 Å². The number of nitrogens with zero attached hydrogens (tertiary/aromatic N) is 2. The summed E-state index contributed by atoms with van der Waals surface area (Å²) in [6.07, 6.45) is 1.15. The maximum atomic E-state index is 13.8. The van der Waals surface area contributed by atoms with E-state index in [9.17, 15) is 19.2 Å². The molecule has 0 saturated carbocycles. The lowest BCUT2D eigenvalue weighted by Crippen LogP contribution is -2.67. The van der Waals surface area contributed by atoms with Crippen molar-refractivity contribution >= 4 is 29.4 Å². The number of nitrogens with one attached hydrogen (secondary N) is 1. The third-order valence-corrected chi connectivity index (χ3v) is 6.85. The predicted molar refractivity (Wildman–Crippen MR) is 111 cm³/mol. The molecular formula is C23H23N3O6. The van der Waals surface area contributed by atoms with E-state index in [0.717, 1.165) is 10.5 Å². The Morgan fingerprint density at radius 3 is 2.59 bits per heavy atom. The Hall–Kier alpha value is -3.46. The highest BCUT2D eigenvalue weighted by molar-refractivity contribution is 6.24. The Morgan fingerprint density at radius 1 is 1.19 bits per heavy atom. The van der Waals surface area contributed by atoms with E-state index in [1.54, 1.807) is 29.2 Å². The zero-order valence-corrected chi connectivity index (χ0v) is 17.7. The van der Waals surface area contributed by atoms with E-state index in [1.165, 1.54) is 13.4 Å². The number of benzene rings is 1. The van der Waals surface area contributed by atoms with Crippen LogP contribution >= 0.6 is 0 Å². The Bertz CT molecular complexity index is 1100. The molecule has 3 amide bonds. The van der Waals surface area contributed by atoms with Crippen molar-refractivity contribution < 1.29 is 28.3 Å². The number of carbonyl (C=O) groups is 4. The molecule has 1 aromatic heterocycles. The first-order valence-corrected chi connectivity index (χ1v) is 10.5. The smallest absolute Gasteiger partial charge is 0.307 e. The number of fused-ring (bicyclic) bond motifs is 3. The summed E-state index contributed by atoms with van der Waals surface area (Å²) in [6, 6.07) is 9.83. The minimum absolute atomic E-state index is 0.336. The summed E-state index contributed by atoms with van der Waals surface area (Å²) in [7, 11) is 1.24. The summed E-state index contributed by atoms with van der Waals surface area (Å²) < 4.78 is 10.5. The molecule has 9 nitrogen and oxygen atoms in total. The van der Waals surface area contributed by atoms with Crippen LogP contribution in [0.5, 0.6) is 0 Å². The van der Waals surface area contributed by atoms with Crippen molar-refractivity contribution in [3.05, 3.63) is 54.0 Å². The summed E-state index contributed by atoms with van der Waals surface area (Å²) in [4.78, 5) is 56.3. The number of carbonyl (C=O) groups excluding carboxylic acids is 4. The Balaban J connectivity index is 1.69. The number of imide groups is 1. The first-order valence-electron chi connectivity index (χ1n) is 10.5. The van der Waals surface area contributed by atoms with Crippen LogP contribution in [0.4, 0.5) is 5.69 Å². The average molecular weight is 437 g/mol. The van der Waals surface area contributed by atoms with Crippen LogP contribution in [0.15, 0.2) is 47.1 Å². The number of esters is 1. The van der Waals surface area contributed by atoms with Crippen molar-refractivity contribution in [2.75, 3.05) is 25.1 Å². The fourth-order valence-corrected chi connectivity index (χ4v) is 5.51. The Labute approximate surface area is 184 Å². The molecule has 0 aliphatic carbocycles. The third kappa shape index (κ3) is 2.67. The van der Waals surface area contributed by atoms with Gasteiger partial charge in [-0.1, -0.05) is 17.7 Å². The number of anilines is 1. The maximum absolute atomic E-state index is 13.8. The molecule has 0 radical (unpaired) electrons. The Morgan fingerprint density at radius 2 is 1.94 bits per heavy atom. The molecule has 1 N–H and O–H groups in total. The number of hydrogen-bond acceptors (Lipinski definition) is 7. The summed E-state index contributed by atoms with van der Waals surface area (Å²) in [6.45, 7) is 2.61. The van der Waals surface area contributed by atoms with E-state index < -0.39 is 47.1 Å². The van der Waals surface area contributed by atoms with Gasteiger partial charge in [-0.25, -0.2) is 4.90 Å². The van der Waals surface area contributed by atoms with Crippen molar-refractivity contribution in [1.29, 1.82) is 0 Å². The molecule has 32 heavy (non-hydrogen) atoms. The molecule has 9 heteroatoms. The minimum Gasteiger partial charge on any atom is -0.469 e. The number of methoxy groups -OCH3 is 1. The molecule has 1 aromatic carbocycles. The average Bonchev–Trinajstić information content (AvgIpc) is 3.46. The quantitative estimate of drug-likeness (QED) is 0.565. The van der Waals surface area contributed by atoms with Gasteiger partial charge in [-0.15, -0.1) is 0 Å². The summed E-state index contributed by atoms with van der Waals surface area (Å²) >= 11 is 0. The molecule has 0 bridgehead atoms. The number of amides is 3. The highest BCUT2D eigenvalue weighted by Crippen LogP contribution is 2.57. The summed E-state index contributed by atoms with van der Waals surface area (Å²) in [5.41, 5.74) is -0.115. The fourth-order valence-electron chi connectivity index (χ4n) is 5.51. The molecule has 3 fully saturated rings. The lowest BCUT2D eigenvalue weighted by molar-refractivity contribution is -0.154. The number of hydrogen-bond donors (Lipinski definition) is 1. The first-order chi connectivity index (χ1) is 15.4.